The van der Waals surface area contributed by atoms with Gasteiger partial charge in [0, 0.05) is 32.5 Å². The molecule has 39 heavy (non-hydrogen) atoms. The van der Waals surface area contributed by atoms with E-state index in [0.717, 1.165) is 5.56 Å². The van der Waals surface area contributed by atoms with Gasteiger partial charge in [-0.25, -0.2) is 4.98 Å². The molecular formula is C28H26ClN7O3. The first-order valence-electron chi connectivity index (χ1n) is 12.2. The molecule has 1 aliphatic rings. The maximum Gasteiger partial charge on any atom is 0.272 e. The van der Waals surface area contributed by atoms with Crippen LogP contribution in [0.4, 0.5) is 11.6 Å². The van der Waals surface area contributed by atoms with Crippen molar-refractivity contribution in [2.75, 3.05) is 31.0 Å². The van der Waals surface area contributed by atoms with Gasteiger partial charge in [0.1, 0.15) is 11.7 Å². The van der Waals surface area contributed by atoms with Crippen LogP contribution in [0.5, 0.6) is 5.88 Å². The summed E-state index contributed by atoms with van der Waals surface area (Å²) in [4.78, 5) is 41.9. The number of methoxy groups -OCH3 is 1. The lowest BCUT2D eigenvalue weighted by molar-refractivity contribution is 0.0993. The van der Waals surface area contributed by atoms with Crippen molar-refractivity contribution >= 4 is 29.1 Å². The molecule has 1 aromatic carbocycles. The van der Waals surface area contributed by atoms with E-state index < -0.39 is 11.6 Å². The van der Waals surface area contributed by atoms with Crippen LogP contribution in [0.15, 0.2) is 53.6 Å². The molecular weight excluding hydrogens is 518 g/mol. The normalized spacial score (nSPS) is 14.5. The van der Waals surface area contributed by atoms with Crippen LogP contribution in [-0.2, 0) is 0 Å². The Labute approximate surface area is 230 Å². The number of amides is 1. The van der Waals surface area contributed by atoms with Gasteiger partial charge in [-0.15, -0.1) is 0 Å². The predicted molar refractivity (Wildman–Crippen MR) is 149 cm³/mol. The molecule has 0 radical (unpaired) electrons. The molecule has 0 aliphatic carbocycles. The number of hydrogen-bond donors (Lipinski definition) is 1. The third-order valence-corrected chi connectivity index (χ3v) is 6.85. The number of nitrogens with one attached hydrogen (secondary N) is 1. The molecule has 10 nitrogen and oxygen atoms in total. The van der Waals surface area contributed by atoms with Gasteiger partial charge < -0.3 is 19.2 Å². The second-order valence-corrected chi connectivity index (χ2v) is 10.1. The first kappa shape index (κ1) is 26.0. The van der Waals surface area contributed by atoms with Gasteiger partial charge in [-0.3, -0.25) is 14.5 Å². The number of aromatic amines is 1. The van der Waals surface area contributed by atoms with Crippen molar-refractivity contribution in [1.82, 2.24) is 19.5 Å². The van der Waals surface area contributed by atoms with E-state index >= 15 is 0 Å². The highest BCUT2D eigenvalue weighted by atomic mass is 35.5. The zero-order valence-corrected chi connectivity index (χ0v) is 22.8. The molecule has 1 atom stereocenters. The number of carbonyl (C=O) groups excluding carboxylic acids is 1. The summed E-state index contributed by atoms with van der Waals surface area (Å²) in [7, 11) is 5.22. The van der Waals surface area contributed by atoms with Crippen LogP contribution in [0.2, 0.25) is 5.02 Å². The number of nitrogens with zero attached hydrogens (tertiary/aromatic N) is 6. The van der Waals surface area contributed by atoms with Crippen LogP contribution in [0, 0.1) is 11.3 Å². The SMILES string of the molecule is COc1nc(N(C)C)ncc1-c1cc2c(n1C(C)C)[C@H](c1ccc(C#N)cc1)N(c1cc(Cl)c[nH]c1=O)C2=O. The van der Waals surface area contributed by atoms with E-state index in [1.807, 2.05) is 32.5 Å². The number of ether oxygens (including phenoxy) is 1. The van der Waals surface area contributed by atoms with E-state index in [2.05, 4.69) is 21.0 Å². The Morgan fingerprint density at radius 3 is 2.49 bits per heavy atom. The molecule has 3 aromatic heterocycles. The second kappa shape index (κ2) is 9.93. The number of pyridine rings is 1. The van der Waals surface area contributed by atoms with Crippen molar-refractivity contribution in [3.63, 3.8) is 0 Å². The lowest BCUT2D eigenvalue weighted by atomic mass is 10.0. The van der Waals surface area contributed by atoms with Crippen LogP contribution >= 0.6 is 11.6 Å². The third-order valence-electron chi connectivity index (χ3n) is 6.63. The topological polar surface area (TPSA) is 120 Å². The largest absolute Gasteiger partial charge is 0.480 e. The zero-order valence-electron chi connectivity index (χ0n) is 22.1. The highest BCUT2D eigenvalue weighted by Crippen LogP contribution is 2.46. The molecule has 0 saturated heterocycles. The van der Waals surface area contributed by atoms with E-state index in [1.54, 1.807) is 48.5 Å². The van der Waals surface area contributed by atoms with Crippen molar-refractivity contribution < 1.29 is 9.53 Å². The predicted octanol–water partition coefficient (Wildman–Crippen LogP) is 4.56. The van der Waals surface area contributed by atoms with Gasteiger partial charge in [0.15, 0.2) is 0 Å². The van der Waals surface area contributed by atoms with Crippen LogP contribution < -0.4 is 20.1 Å². The number of halogens is 1. The van der Waals surface area contributed by atoms with Crippen LogP contribution in [0.3, 0.4) is 0 Å². The minimum absolute atomic E-state index is 0.0896. The van der Waals surface area contributed by atoms with Gasteiger partial charge in [0.25, 0.3) is 11.5 Å². The summed E-state index contributed by atoms with van der Waals surface area (Å²) in [6.07, 6.45) is 3.07. The van der Waals surface area contributed by atoms with Crippen molar-refractivity contribution in [1.29, 1.82) is 5.26 Å². The summed E-state index contributed by atoms with van der Waals surface area (Å²) in [5.41, 5.74) is 3.39. The molecule has 0 unspecified atom stereocenters. The minimum Gasteiger partial charge on any atom is -0.480 e. The molecule has 1 N–H and O–H groups in total. The van der Waals surface area contributed by atoms with Crippen LogP contribution in [0.25, 0.3) is 11.3 Å². The fourth-order valence-corrected chi connectivity index (χ4v) is 5.11. The van der Waals surface area contributed by atoms with Gasteiger partial charge in [0.05, 0.1) is 46.3 Å². The standard InChI is InChI=1S/C28H26ClN7O3/c1-15(2)35-21(20-14-32-28(34(3)4)33-26(20)39-5)11-19-24(35)23(17-8-6-16(12-30)7-9-17)36(27(19)38)22-10-18(29)13-31-25(22)37/h6-11,13-15,23H,1-5H3,(H,31,37)/t23-/m0/s1. The summed E-state index contributed by atoms with van der Waals surface area (Å²) < 4.78 is 7.68. The van der Waals surface area contributed by atoms with E-state index in [0.29, 0.717) is 44.9 Å². The highest BCUT2D eigenvalue weighted by Gasteiger charge is 2.44. The number of fused-ring (bicyclic) bond motifs is 1. The number of H-pyrrole nitrogens is 1. The Bertz CT molecular complexity index is 1680. The number of hydrogen-bond acceptors (Lipinski definition) is 7. The van der Waals surface area contributed by atoms with Gasteiger partial charge in [-0.1, -0.05) is 23.7 Å². The number of aromatic nitrogens is 4. The minimum atomic E-state index is -0.663. The van der Waals surface area contributed by atoms with E-state index in [4.69, 9.17) is 16.3 Å². The maximum atomic E-state index is 14.1. The second-order valence-electron chi connectivity index (χ2n) is 9.62. The van der Waals surface area contributed by atoms with Crippen molar-refractivity contribution in [2.24, 2.45) is 0 Å². The van der Waals surface area contributed by atoms with E-state index in [1.165, 1.54) is 17.2 Å². The first-order chi connectivity index (χ1) is 18.7. The van der Waals surface area contributed by atoms with Gasteiger partial charge in [0.2, 0.25) is 11.8 Å². The average molecular weight is 544 g/mol. The molecule has 1 aliphatic heterocycles. The molecule has 0 bridgehead atoms. The van der Waals surface area contributed by atoms with Crippen molar-refractivity contribution in [3.05, 3.63) is 86.6 Å². The molecule has 0 fully saturated rings. The lowest BCUT2D eigenvalue weighted by Crippen LogP contribution is -2.34. The number of benzene rings is 1. The number of anilines is 2. The summed E-state index contributed by atoms with van der Waals surface area (Å²) in [6.45, 7) is 4.03. The Hall–Kier alpha value is -4.62. The van der Waals surface area contributed by atoms with E-state index in [9.17, 15) is 14.9 Å². The Morgan fingerprint density at radius 2 is 1.87 bits per heavy atom. The molecule has 0 saturated carbocycles. The molecule has 1 amide bonds. The number of nitriles is 1. The Balaban J connectivity index is 1.79. The fourth-order valence-electron chi connectivity index (χ4n) is 4.95. The monoisotopic (exact) mass is 543 g/mol. The fraction of sp³-hybridized carbons (Fsp3) is 0.250. The molecule has 198 valence electrons. The van der Waals surface area contributed by atoms with Crippen LogP contribution in [-0.4, -0.2) is 46.6 Å². The van der Waals surface area contributed by atoms with Crippen molar-refractivity contribution in [3.8, 4) is 23.2 Å². The van der Waals surface area contributed by atoms with Gasteiger partial charge in [-0.05, 0) is 43.7 Å². The van der Waals surface area contributed by atoms with Crippen molar-refractivity contribution in [2.45, 2.75) is 25.9 Å². The first-order valence-corrected chi connectivity index (χ1v) is 12.6. The smallest absolute Gasteiger partial charge is 0.272 e. The Morgan fingerprint density at radius 1 is 1.15 bits per heavy atom. The summed E-state index contributed by atoms with van der Waals surface area (Å²) in [5.74, 6) is 0.513. The van der Waals surface area contributed by atoms with Gasteiger partial charge >= 0.3 is 0 Å². The Kier molecular flexibility index (Phi) is 6.62. The quantitative estimate of drug-likeness (QED) is 0.378. The molecule has 4 heterocycles. The zero-order chi connectivity index (χ0) is 28.0. The molecule has 4 aromatic rings. The van der Waals surface area contributed by atoms with E-state index in [-0.39, 0.29) is 17.6 Å². The summed E-state index contributed by atoms with van der Waals surface area (Å²) >= 11 is 6.24. The summed E-state index contributed by atoms with van der Waals surface area (Å²) in [5, 5.41) is 9.63. The maximum absolute atomic E-state index is 14.1. The van der Waals surface area contributed by atoms with Gasteiger partial charge in [-0.2, -0.15) is 10.2 Å². The molecule has 0 spiro atoms. The molecule has 11 heteroatoms. The van der Waals surface area contributed by atoms with Crippen LogP contribution in [0.1, 0.15) is 53.1 Å². The average Bonchev–Trinajstić information content (AvgIpc) is 3.44. The number of rotatable bonds is 6. The summed E-state index contributed by atoms with van der Waals surface area (Å²) in [6, 6.07) is 11.6. The number of carbonyl (C=O) groups is 1. The third kappa shape index (κ3) is 4.30. The highest BCUT2D eigenvalue weighted by molar-refractivity contribution is 6.30. The molecule has 5 rings (SSSR count). The lowest BCUT2D eigenvalue weighted by Gasteiger charge is -2.28.